The molecule has 0 radical (unpaired) electrons. The number of nitrogens with zero attached hydrogens (tertiary/aromatic N) is 2. The van der Waals surface area contributed by atoms with Crippen molar-refractivity contribution in [2.45, 2.75) is 86.3 Å². The summed E-state index contributed by atoms with van der Waals surface area (Å²) < 4.78 is 2.38. The number of rotatable bonds is 5. The van der Waals surface area contributed by atoms with E-state index in [0.29, 0.717) is 17.7 Å². The zero-order valence-electron chi connectivity index (χ0n) is 18.9. The van der Waals surface area contributed by atoms with Crippen LogP contribution in [0.1, 0.15) is 71.6 Å². The highest BCUT2D eigenvalue weighted by Crippen LogP contribution is 2.77. The molecule has 2 aromatic rings. The quantitative estimate of drug-likeness (QED) is 0.748. The van der Waals surface area contributed by atoms with E-state index in [1.165, 1.54) is 5.69 Å². The van der Waals surface area contributed by atoms with Gasteiger partial charge < -0.3 is 15.0 Å². The molecule has 5 heteroatoms. The summed E-state index contributed by atoms with van der Waals surface area (Å²) in [5, 5.41) is 13.5. The number of carbonyl (C=O) groups excluding carboxylic acids is 1. The Bertz CT molecular complexity index is 968. The fourth-order valence-electron chi connectivity index (χ4n) is 5.55. The lowest BCUT2D eigenvalue weighted by Gasteiger charge is -2.75. The number of carbonyl (C=O) groups is 1. The van der Waals surface area contributed by atoms with E-state index < -0.39 is 5.60 Å². The molecular formula is C24H35N3O2. The van der Waals surface area contributed by atoms with Crippen molar-refractivity contribution in [3.05, 3.63) is 23.4 Å². The summed E-state index contributed by atoms with van der Waals surface area (Å²) in [5.74, 6) is 0.671. The molecule has 29 heavy (non-hydrogen) atoms. The molecule has 0 spiro atoms. The minimum atomic E-state index is -0.582. The Morgan fingerprint density at radius 3 is 2.34 bits per heavy atom. The first-order valence-corrected chi connectivity index (χ1v) is 10.7. The van der Waals surface area contributed by atoms with Gasteiger partial charge in [-0.2, -0.15) is 0 Å². The van der Waals surface area contributed by atoms with Crippen molar-refractivity contribution in [3.63, 3.8) is 0 Å². The number of aryl methyl sites for hydroxylation is 2. The normalized spacial score (nSPS) is 26.2. The number of nitrogens with one attached hydrogen (secondary N) is 1. The van der Waals surface area contributed by atoms with Crippen LogP contribution >= 0.6 is 0 Å². The van der Waals surface area contributed by atoms with Crippen molar-refractivity contribution >= 4 is 22.8 Å². The highest BCUT2D eigenvalue weighted by Gasteiger charge is 2.72. The summed E-state index contributed by atoms with van der Waals surface area (Å²) in [6.45, 7) is 15.2. The van der Waals surface area contributed by atoms with Crippen LogP contribution in [0, 0.1) is 30.1 Å². The zero-order chi connectivity index (χ0) is 21.4. The second-order valence-electron chi connectivity index (χ2n) is 11.6. The van der Waals surface area contributed by atoms with Crippen LogP contribution in [-0.4, -0.2) is 26.2 Å². The van der Waals surface area contributed by atoms with Gasteiger partial charge in [-0.3, -0.25) is 4.79 Å². The highest BCUT2D eigenvalue weighted by molar-refractivity contribution is 5.92. The van der Waals surface area contributed by atoms with E-state index in [1.54, 1.807) is 0 Å². The van der Waals surface area contributed by atoms with Gasteiger partial charge >= 0.3 is 0 Å². The molecule has 158 valence electrons. The first kappa shape index (κ1) is 20.4. The molecule has 2 bridgehead atoms. The fourth-order valence-corrected chi connectivity index (χ4v) is 5.55. The monoisotopic (exact) mass is 397 g/mol. The van der Waals surface area contributed by atoms with Gasteiger partial charge in [0.1, 0.15) is 5.82 Å². The number of hydrogen-bond acceptors (Lipinski definition) is 3. The maximum Gasteiger partial charge on any atom is 0.226 e. The Hall–Kier alpha value is -1.88. The van der Waals surface area contributed by atoms with Crippen molar-refractivity contribution < 1.29 is 9.90 Å². The van der Waals surface area contributed by atoms with Crippen LogP contribution in [0.5, 0.6) is 0 Å². The van der Waals surface area contributed by atoms with E-state index in [4.69, 9.17) is 4.98 Å². The topological polar surface area (TPSA) is 67.2 Å². The van der Waals surface area contributed by atoms with Gasteiger partial charge in [-0.15, -0.1) is 0 Å². The molecule has 3 aliphatic rings. The number of amides is 1. The first-order valence-electron chi connectivity index (χ1n) is 10.7. The predicted octanol–water partition coefficient (Wildman–Crippen LogP) is 4.97. The lowest BCUT2D eigenvalue weighted by Crippen LogP contribution is -2.71. The molecule has 1 amide bonds. The number of aliphatic hydroxyl groups is 1. The van der Waals surface area contributed by atoms with Crippen molar-refractivity contribution in [3.8, 4) is 0 Å². The zero-order valence-corrected chi connectivity index (χ0v) is 18.9. The Kier molecular flexibility index (Phi) is 4.27. The Morgan fingerprint density at radius 2 is 1.79 bits per heavy atom. The number of hydrogen-bond donors (Lipinski definition) is 2. The molecule has 0 aromatic carbocycles. The Balaban J connectivity index is 1.55. The third-order valence-electron chi connectivity index (χ3n) is 7.16. The van der Waals surface area contributed by atoms with Crippen LogP contribution in [-0.2, 0) is 11.3 Å². The molecule has 3 fully saturated rings. The Labute approximate surface area is 173 Å². The predicted molar refractivity (Wildman–Crippen MR) is 117 cm³/mol. The second-order valence-corrected chi connectivity index (χ2v) is 11.6. The summed E-state index contributed by atoms with van der Waals surface area (Å²) in [6, 6.07) is 4.27. The maximum atomic E-state index is 12.4. The summed E-state index contributed by atoms with van der Waals surface area (Å²) in [5.41, 5.74) is 4.08. The number of aromatic nitrogens is 2. The summed E-state index contributed by atoms with van der Waals surface area (Å²) in [4.78, 5) is 17.1. The highest BCUT2D eigenvalue weighted by atomic mass is 16.3. The molecule has 0 saturated heterocycles. The molecule has 0 unspecified atom stereocenters. The van der Waals surface area contributed by atoms with Crippen LogP contribution in [0.3, 0.4) is 0 Å². The number of anilines is 1. The van der Waals surface area contributed by atoms with E-state index in [9.17, 15) is 9.90 Å². The van der Waals surface area contributed by atoms with E-state index >= 15 is 0 Å². The molecule has 2 aromatic heterocycles. The van der Waals surface area contributed by atoms with Crippen LogP contribution in [0.25, 0.3) is 11.0 Å². The van der Waals surface area contributed by atoms with Crippen LogP contribution in [0.2, 0.25) is 0 Å². The largest absolute Gasteiger partial charge is 0.390 e. The first-order chi connectivity index (χ1) is 13.2. The van der Waals surface area contributed by atoms with Crippen LogP contribution in [0.4, 0.5) is 5.82 Å². The van der Waals surface area contributed by atoms with Crippen molar-refractivity contribution in [2.75, 3.05) is 5.32 Å². The van der Waals surface area contributed by atoms with Crippen molar-refractivity contribution in [2.24, 2.45) is 16.2 Å². The second kappa shape index (κ2) is 6.07. The average molecular weight is 398 g/mol. The smallest absolute Gasteiger partial charge is 0.226 e. The molecular weight excluding hydrogens is 362 g/mol. The van der Waals surface area contributed by atoms with Gasteiger partial charge in [0.15, 0.2) is 0 Å². The molecule has 5 nitrogen and oxygen atoms in total. The molecule has 0 aliphatic heterocycles. The molecule has 0 atom stereocenters. The summed E-state index contributed by atoms with van der Waals surface area (Å²) >= 11 is 0. The summed E-state index contributed by atoms with van der Waals surface area (Å²) in [6.07, 6.45) is 3.79. The molecule has 5 rings (SSSR count). The van der Waals surface area contributed by atoms with Crippen molar-refractivity contribution in [1.29, 1.82) is 0 Å². The van der Waals surface area contributed by atoms with Crippen molar-refractivity contribution in [1.82, 2.24) is 9.55 Å². The minimum Gasteiger partial charge on any atom is -0.390 e. The molecule has 3 aliphatic carbocycles. The third-order valence-corrected chi connectivity index (χ3v) is 7.16. The van der Waals surface area contributed by atoms with E-state index in [1.807, 2.05) is 20.8 Å². The third kappa shape index (κ3) is 3.37. The minimum absolute atomic E-state index is 0.00869. The SMILES string of the molecule is Cc1cc2c(cc(C)n2CC23CC(C(C)(C)O)(C2)C3)nc1NC(=O)CC(C)(C)C. The van der Waals surface area contributed by atoms with Crippen LogP contribution < -0.4 is 5.32 Å². The van der Waals surface area contributed by atoms with E-state index in [0.717, 1.165) is 42.4 Å². The van der Waals surface area contributed by atoms with Gasteiger partial charge in [-0.05, 0) is 75.5 Å². The Morgan fingerprint density at radius 1 is 1.17 bits per heavy atom. The van der Waals surface area contributed by atoms with Gasteiger partial charge in [0.25, 0.3) is 0 Å². The van der Waals surface area contributed by atoms with Gasteiger partial charge in [0.2, 0.25) is 5.91 Å². The van der Waals surface area contributed by atoms with Gasteiger partial charge in [-0.25, -0.2) is 4.98 Å². The standard InChI is InChI=1S/C24H35N3O2/c1-15-8-18-17(25-20(15)26-19(28)10-21(3,4)5)9-16(2)27(18)14-23-11-24(12-23,13-23)22(6,7)29/h8-9,29H,10-14H2,1-7H3,(H,25,26,28). The molecule has 3 saturated carbocycles. The van der Waals surface area contributed by atoms with Gasteiger partial charge in [0.05, 0.1) is 16.6 Å². The number of pyridine rings is 1. The number of fused-ring (bicyclic) bond motifs is 1. The summed E-state index contributed by atoms with van der Waals surface area (Å²) in [7, 11) is 0. The van der Waals surface area contributed by atoms with E-state index in [-0.39, 0.29) is 16.7 Å². The fraction of sp³-hybridized carbons (Fsp3) is 0.667. The lowest BCUT2D eigenvalue weighted by molar-refractivity contribution is -0.291. The maximum absolute atomic E-state index is 12.4. The van der Waals surface area contributed by atoms with Gasteiger partial charge in [-0.1, -0.05) is 20.8 Å². The lowest BCUT2D eigenvalue weighted by atomic mass is 9.31. The van der Waals surface area contributed by atoms with Gasteiger partial charge in [0, 0.05) is 24.1 Å². The van der Waals surface area contributed by atoms with Crippen LogP contribution in [0.15, 0.2) is 12.1 Å². The average Bonchev–Trinajstić information content (AvgIpc) is 2.73. The van der Waals surface area contributed by atoms with E-state index in [2.05, 4.69) is 49.7 Å². The molecule has 2 heterocycles. The molecule has 2 N–H and O–H groups in total.